The number of benzene rings is 2. The van der Waals surface area contributed by atoms with Gasteiger partial charge in [0.2, 0.25) is 0 Å². The van der Waals surface area contributed by atoms with Crippen molar-refractivity contribution < 1.29 is 9.31 Å². The van der Waals surface area contributed by atoms with Crippen molar-refractivity contribution in [1.29, 1.82) is 0 Å². The molecule has 0 aliphatic rings. The highest BCUT2D eigenvalue weighted by atomic mass is 19.1. The van der Waals surface area contributed by atoms with Crippen LogP contribution in [0.4, 0.5) is 15.8 Å². The van der Waals surface area contributed by atoms with Crippen LogP contribution in [-0.2, 0) is 6.54 Å². The highest BCUT2D eigenvalue weighted by Gasteiger charge is 2.10. The van der Waals surface area contributed by atoms with Crippen LogP contribution >= 0.6 is 0 Å². The molecule has 0 saturated heterocycles. The summed E-state index contributed by atoms with van der Waals surface area (Å²) in [6.45, 7) is 2.10. The third kappa shape index (κ3) is 3.28. The Hall–Kier alpha value is -2.43. The predicted octanol–water partition coefficient (Wildman–Crippen LogP) is 3.65. The Bertz CT molecular complexity index is 614. The van der Waals surface area contributed by atoms with Gasteiger partial charge in [0.05, 0.1) is 4.92 Å². The third-order valence-electron chi connectivity index (χ3n) is 2.79. The zero-order valence-electron chi connectivity index (χ0n) is 10.4. The van der Waals surface area contributed by atoms with E-state index in [9.17, 15) is 14.5 Å². The molecule has 2 aromatic rings. The normalized spacial score (nSPS) is 10.2. The molecule has 0 aromatic heterocycles. The van der Waals surface area contributed by atoms with Crippen LogP contribution in [-0.4, -0.2) is 4.92 Å². The monoisotopic (exact) mass is 260 g/mol. The fourth-order valence-corrected chi connectivity index (χ4v) is 1.76. The Morgan fingerprint density at radius 2 is 2.05 bits per heavy atom. The van der Waals surface area contributed by atoms with Crippen LogP contribution in [0.15, 0.2) is 42.5 Å². The van der Waals surface area contributed by atoms with Crippen molar-refractivity contribution >= 4 is 11.4 Å². The summed E-state index contributed by atoms with van der Waals surface area (Å²) >= 11 is 0. The summed E-state index contributed by atoms with van der Waals surface area (Å²) < 4.78 is 13.0. The second kappa shape index (κ2) is 5.48. The largest absolute Gasteiger partial charge is 0.381 e. The summed E-state index contributed by atoms with van der Waals surface area (Å²) in [4.78, 5) is 10.4. The van der Waals surface area contributed by atoms with Crippen LogP contribution < -0.4 is 5.32 Å². The number of nitro benzene ring substituents is 1. The van der Waals surface area contributed by atoms with Crippen molar-refractivity contribution in [3.8, 4) is 0 Å². The second-order valence-electron chi connectivity index (χ2n) is 4.24. The average Bonchev–Trinajstić information content (AvgIpc) is 2.37. The molecule has 0 atom stereocenters. The van der Waals surface area contributed by atoms with E-state index in [4.69, 9.17) is 0 Å². The number of halogens is 1. The van der Waals surface area contributed by atoms with Crippen molar-refractivity contribution in [2.75, 3.05) is 5.32 Å². The maximum Gasteiger partial charge on any atom is 0.272 e. The van der Waals surface area contributed by atoms with Gasteiger partial charge in [-0.05, 0) is 30.7 Å². The van der Waals surface area contributed by atoms with E-state index in [1.54, 1.807) is 25.1 Å². The Balaban J connectivity index is 2.12. The second-order valence-corrected chi connectivity index (χ2v) is 4.24. The number of nitro groups is 1. The number of nitrogens with one attached hydrogen (secondary N) is 1. The van der Waals surface area contributed by atoms with E-state index in [1.807, 2.05) is 6.07 Å². The molecule has 5 heteroatoms. The molecule has 0 fully saturated rings. The first-order valence-corrected chi connectivity index (χ1v) is 5.79. The quantitative estimate of drug-likeness (QED) is 0.674. The molecule has 2 aromatic carbocycles. The van der Waals surface area contributed by atoms with Gasteiger partial charge in [-0.3, -0.25) is 10.1 Å². The van der Waals surface area contributed by atoms with Crippen LogP contribution in [0.25, 0.3) is 0 Å². The van der Waals surface area contributed by atoms with Gasteiger partial charge in [0, 0.05) is 23.9 Å². The smallest absolute Gasteiger partial charge is 0.272 e. The van der Waals surface area contributed by atoms with E-state index >= 15 is 0 Å². The van der Waals surface area contributed by atoms with E-state index in [0.29, 0.717) is 17.8 Å². The molecule has 0 aliphatic heterocycles. The molecule has 2 rings (SSSR count). The first kappa shape index (κ1) is 13.0. The Morgan fingerprint density at radius 1 is 1.26 bits per heavy atom. The summed E-state index contributed by atoms with van der Waals surface area (Å²) in [7, 11) is 0. The lowest BCUT2D eigenvalue weighted by atomic mass is 10.1. The van der Waals surface area contributed by atoms with Gasteiger partial charge in [0.1, 0.15) is 5.82 Å². The summed E-state index contributed by atoms with van der Waals surface area (Å²) in [5.74, 6) is -0.320. The molecular weight excluding hydrogens is 247 g/mol. The maximum atomic E-state index is 13.0. The van der Waals surface area contributed by atoms with Gasteiger partial charge in [0.15, 0.2) is 0 Å². The number of hydrogen-bond donors (Lipinski definition) is 1. The third-order valence-corrected chi connectivity index (χ3v) is 2.79. The van der Waals surface area contributed by atoms with Gasteiger partial charge in [-0.15, -0.1) is 0 Å². The van der Waals surface area contributed by atoms with Crippen molar-refractivity contribution in [2.24, 2.45) is 0 Å². The van der Waals surface area contributed by atoms with Crippen molar-refractivity contribution in [1.82, 2.24) is 0 Å². The van der Waals surface area contributed by atoms with Crippen molar-refractivity contribution in [3.05, 3.63) is 69.5 Å². The lowest BCUT2D eigenvalue weighted by molar-refractivity contribution is -0.385. The molecule has 0 aliphatic carbocycles. The van der Waals surface area contributed by atoms with Crippen LogP contribution in [0.1, 0.15) is 11.1 Å². The molecule has 0 unspecified atom stereocenters. The molecule has 0 saturated carbocycles. The topological polar surface area (TPSA) is 55.2 Å². The van der Waals surface area contributed by atoms with Crippen molar-refractivity contribution in [2.45, 2.75) is 13.5 Å². The summed E-state index contributed by atoms with van der Waals surface area (Å²) in [6.07, 6.45) is 0. The van der Waals surface area contributed by atoms with E-state index in [1.165, 1.54) is 18.2 Å². The molecule has 0 amide bonds. The SMILES string of the molecule is Cc1ccc(CNc2cccc(F)c2)cc1[N+](=O)[O-]. The fourth-order valence-electron chi connectivity index (χ4n) is 1.76. The minimum atomic E-state index is -0.402. The molecule has 4 nitrogen and oxygen atoms in total. The number of anilines is 1. The van der Waals surface area contributed by atoms with E-state index in [0.717, 1.165) is 5.56 Å². The lowest BCUT2D eigenvalue weighted by Gasteiger charge is -2.07. The predicted molar refractivity (Wildman–Crippen MR) is 71.6 cm³/mol. The van der Waals surface area contributed by atoms with Gasteiger partial charge < -0.3 is 5.32 Å². The Kier molecular flexibility index (Phi) is 3.75. The van der Waals surface area contributed by atoms with E-state index < -0.39 is 4.92 Å². The summed E-state index contributed by atoms with van der Waals surface area (Å²) in [5.41, 5.74) is 2.14. The Morgan fingerprint density at radius 3 is 2.74 bits per heavy atom. The van der Waals surface area contributed by atoms with Gasteiger partial charge >= 0.3 is 0 Å². The number of rotatable bonds is 4. The zero-order valence-corrected chi connectivity index (χ0v) is 10.4. The van der Waals surface area contributed by atoms with Gasteiger partial charge in [-0.25, -0.2) is 4.39 Å². The highest BCUT2D eigenvalue weighted by Crippen LogP contribution is 2.20. The minimum Gasteiger partial charge on any atom is -0.381 e. The number of aryl methyl sites for hydroxylation is 1. The summed E-state index contributed by atoms with van der Waals surface area (Å²) in [5, 5.41) is 13.9. The van der Waals surface area contributed by atoms with Gasteiger partial charge in [-0.2, -0.15) is 0 Å². The van der Waals surface area contributed by atoms with Crippen LogP contribution in [0.5, 0.6) is 0 Å². The number of hydrogen-bond acceptors (Lipinski definition) is 3. The molecule has 19 heavy (non-hydrogen) atoms. The molecule has 0 radical (unpaired) electrons. The summed E-state index contributed by atoms with van der Waals surface area (Å²) in [6, 6.07) is 11.1. The zero-order chi connectivity index (χ0) is 13.8. The standard InChI is InChI=1S/C14H13FN2O2/c1-10-5-6-11(7-14(10)17(18)19)9-16-13-4-2-3-12(15)8-13/h2-8,16H,9H2,1H3. The maximum absolute atomic E-state index is 13.0. The molecular formula is C14H13FN2O2. The van der Waals surface area contributed by atoms with Gasteiger partial charge in [0.25, 0.3) is 5.69 Å². The first-order valence-electron chi connectivity index (χ1n) is 5.79. The van der Waals surface area contributed by atoms with Crippen LogP contribution in [0, 0.1) is 22.9 Å². The average molecular weight is 260 g/mol. The molecule has 0 bridgehead atoms. The van der Waals surface area contributed by atoms with E-state index in [2.05, 4.69) is 5.32 Å². The van der Waals surface area contributed by atoms with Crippen LogP contribution in [0.3, 0.4) is 0 Å². The Labute approximate surface area is 110 Å². The van der Waals surface area contributed by atoms with Crippen molar-refractivity contribution in [3.63, 3.8) is 0 Å². The molecule has 1 N–H and O–H groups in total. The van der Waals surface area contributed by atoms with Crippen LogP contribution in [0.2, 0.25) is 0 Å². The molecule has 98 valence electrons. The molecule has 0 spiro atoms. The molecule has 0 heterocycles. The van der Waals surface area contributed by atoms with E-state index in [-0.39, 0.29) is 11.5 Å². The fraction of sp³-hybridized carbons (Fsp3) is 0.143. The first-order chi connectivity index (χ1) is 9.06. The van der Waals surface area contributed by atoms with Gasteiger partial charge in [-0.1, -0.05) is 18.2 Å². The number of nitrogens with zero attached hydrogens (tertiary/aromatic N) is 1. The highest BCUT2D eigenvalue weighted by molar-refractivity contribution is 5.46. The lowest BCUT2D eigenvalue weighted by Crippen LogP contribution is -2.01. The minimum absolute atomic E-state index is 0.0959.